The fourth-order valence-electron chi connectivity index (χ4n) is 1.91. The molecule has 0 aromatic rings. The third-order valence-electron chi connectivity index (χ3n) is 3.44. The second-order valence-electron chi connectivity index (χ2n) is 5.46. The first kappa shape index (κ1) is 19.2. The van der Waals surface area contributed by atoms with E-state index in [-0.39, 0.29) is 19.0 Å². The zero-order chi connectivity index (χ0) is 16.0. The summed E-state index contributed by atoms with van der Waals surface area (Å²) < 4.78 is 36.5. The smallest absolute Gasteiger partial charge is 0.390 e. The summed E-state index contributed by atoms with van der Waals surface area (Å²) in [6, 6.07) is -0.261. The van der Waals surface area contributed by atoms with E-state index in [9.17, 15) is 23.1 Å². The van der Waals surface area contributed by atoms with Crippen molar-refractivity contribution in [1.29, 1.82) is 0 Å². The number of hydrogen-bond acceptors (Lipinski definition) is 3. The molecule has 0 aliphatic heterocycles. The highest BCUT2D eigenvalue weighted by Gasteiger charge is 2.35. The van der Waals surface area contributed by atoms with Gasteiger partial charge in [0.25, 0.3) is 0 Å². The van der Waals surface area contributed by atoms with E-state index >= 15 is 0 Å². The number of halogens is 3. The molecule has 0 aliphatic carbocycles. The molecule has 0 aromatic heterocycles. The summed E-state index contributed by atoms with van der Waals surface area (Å²) in [4.78, 5) is 12.9. The van der Waals surface area contributed by atoms with Gasteiger partial charge in [-0.3, -0.25) is 4.79 Å². The molecule has 0 saturated heterocycles. The number of rotatable bonds is 9. The average molecular weight is 298 g/mol. The number of nitrogens with zero attached hydrogens (tertiary/aromatic N) is 1. The standard InChI is InChI=1S/C13H25F3N2O2/c1-5-7-17-12(3,11(19)20)9-10(2)18(4)8-6-13(14,15)16/h10,17H,5-9H2,1-4H3,(H,19,20). The lowest BCUT2D eigenvalue weighted by Crippen LogP contribution is -2.53. The summed E-state index contributed by atoms with van der Waals surface area (Å²) in [6.07, 6.45) is -4.04. The number of carboxylic acids is 1. The molecule has 0 radical (unpaired) electrons. The van der Waals surface area contributed by atoms with Crippen LogP contribution in [0, 0.1) is 0 Å². The van der Waals surface area contributed by atoms with Crippen molar-refractivity contribution in [2.24, 2.45) is 0 Å². The minimum absolute atomic E-state index is 0.131. The highest BCUT2D eigenvalue weighted by molar-refractivity contribution is 5.78. The second kappa shape index (κ2) is 7.83. The Bertz CT molecular complexity index is 310. The van der Waals surface area contributed by atoms with Crippen molar-refractivity contribution < 1.29 is 23.1 Å². The van der Waals surface area contributed by atoms with Crippen LogP contribution in [-0.2, 0) is 4.79 Å². The SMILES string of the molecule is CCCNC(C)(CC(C)N(C)CCC(F)(F)F)C(=O)O. The third-order valence-corrected chi connectivity index (χ3v) is 3.44. The van der Waals surface area contributed by atoms with Crippen LogP contribution >= 0.6 is 0 Å². The van der Waals surface area contributed by atoms with Crippen molar-refractivity contribution in [1.82, 2.24) is 10.2 Å². The zero-order valence-electron chi connectivity index (χ0n) is 12.5. The van der Waals surface area contributed by atoms with E-state index in [0.29, 0.717) is 6.54 Å². The van der Waals surface area contributed by atoms with Crippen LogP contribution in [0.25, 0.3) is 0 Å². The maximum atomic E-state index is 12.2. The molecule has 0 aromatic carbocycles. The van der Waals surface area contributed by atoms with Crippen LogP contribution in [0.5, 0.6) is 0 Å². The first-order chi connectivity index (χ1) is 9.02. The first-order valence-electron chi connectivity index (χ1n) is 6.77. The third kappa shape index (κ3) is 7.09. The Kier molecular flexibility index (Phi) is 7.51. The molecule has 4 nitrogen and oxygen atoms in total. The molecule has 0 fully saturated rings. The molecule has 0 aliphatic rings. The van der Waals surface area contributed by atoms with Gasteiger partial charge in [0, 0.05) is 12.6 Å². The summed E-state index contributed by atoms with van der Waals surface area (Å²) in [5.41, 5.74) is -1.12. The van der Waals surface area contributed by atoms with Crippen LogP contribution in [0.2, 0.25) is 0 Å². The van der Waals surface area contributed by atoms with Gasteiger partial charge >= 0.3 is 12.1 Å². The Labute approximate surface area is 118 Å². The summed E-state index contributed by atoms with van der Waals surface area (Å²) in [5.74, 6) is -0.984. The molecule has 2 unspecified atom stereocenters. The maximum Gasteiger partial charge on any atom is 0.390 e. The van der Waals surface area contributed by atoms with E-state index in [1.807, 2.05) is 6.92 Å². The molecular formula is C13H25F3N2O2. The van der Waals surface area contributed by atoms with Crippen molar-refractivity contribution in [3.8, 4) is 0 Å². The van der Waals surface area contributed by atoms with Gasteiger partial charge in [0.1, 0.15) is 5.54 Å². The molecule has 0 heterocycles. The van der Waals surface area contributed by atoms with Crippen molar-refractivity contribution in [2.75, 3.05) is 20.1 Å². The largest absolute Gasteiger partial charge is 0.480 e. The van der Waals surface area contributed by atoms with Crippen molar-refractivity contribution >= 4 is 5.97 Å². The Balaban J connectivity index is 4.51. The van der Waals surface area contributed by atoms with Gasteiger partial charge in [0.15, 0.2) is 0 Å². The number of carboxylic acid groups (broad SMARTS) is 1. The Morgan fingerprint density at radius 1 is 1.40 bits per heavy atom. The molecule has 2 N–H and O–H groups in total. The number of hydrogen-bond donors (Lipinski definition) is 2. The molecular weight excluding hydrogens is 273 g/mol. The van der Waals surface area contributed by atoms with Crippen LogP contribution in [0.3, 0.4) is 0 Å². The van der Waals surface area contributed by atoms with Crippen molar-refractivity contribution in [3.05, 3.63) is 0 Å². The predicted octanol–water partition coefficient (Wildman–Crippen LogP) is 2.49. The quantitative estimate of drug-likeness (QED) is 0.687. The summed E-state index contributed by atoms with van der Waals surface area (Å²) in [5, 5.41) is 12.2. The molecule has 0 rings (SSSR count). The Morgan fingerprint density at radius 3 is 2.35 bits per heavy atom. The fourth-order valence-corrected chi connectivity index (χ4v) is 1.91. The Morgan fingerprint density at radius 2 is 1.95 bits per heavy atom. The van der Waals surface area contributed by atoms with E-state index < -0.39 is 24.1 Å². The topological polar surface area (TPSA) is 52.6 Å². The summed E-state index contributed by atoms with van der Waals surface area (Å²) >= 11 is 0. The van der Waals surface area contributed by atoms with E-state index in [0.717, 1.165) is 6.42 Å². The van der Waals surface area contributed by atoms with Crippen molar-refractivity contribution in [3.63, 3.8) is 0 Å². The minimum atomic E-state index is -4.19. The number of aliphatic carboxylic acids is 1. The normalized spacial score (nSPS) is 17.0. The van der Waals surface area contributed by atoms with Gasteiger partial charge in [-0.15, -0.1) is 0 Å². The second-order valence-corrected chi connectivity index (χ2v) is 5.46. The first-order valence-corrected chi connectivity index (χ1v) is 6.77. The lowest BCUT2D eigenvalue weighted by atomic mass is 9.92. The molecule has 0 amide bonds. The van der Waals surface area contributed by atoms with Gasteiger partial charge in [0.05, 0.1) is 6.42 Å². The summed E-state index contributed by atoms with van der Waals surface area (Å²) in [7, 11) is 1.58. The lowest BCUT2D eigenvalue weighted by molar-refractivity contribution is -0.146. The van der Waals surface area contributed by atoms with Gasteiger partial charge in [0.2, 0.25) is 0 Å². The maximum absolute atomic E-state index is 12.2. The fraction of sp³-hybridized carbons (Fsp3) is 0.923. The number of nitrogens with one attached hydrogen (secondary N) is 1. The predicted molar refractivity (Wildman–Crippen MR) is 71.7 cm³/mol. The van der Waals surface area contributed by atoms with Crippen LogP contribution in [0.4, 0.5) is 13.2 Å². The molecule has 7 heteroatoms. The van der Waals surface area contributed by atoms with E-state index in [1.165, 1.54) is 0 Å². The van der Waals surface area contributed by atoms with E-state index in [2.05, 4.69) is 5.32 Å². The van der Waals surface area contributed by atoms with Crippen LogP contribution in [0.15, 0.2) is 0 Å². The number of alkyl halides is 3. The minimum Gasteiger partial charge on any atom is -0.480 e. The molecule has 0 saturated carbocycles. The highest BCUT2D eigenvalue weighted by atomic mass is 19.4. The zero-order valence-corrected chi connectivity index (χ0v) is 12.5. The van der Waals surface area contributed by atoms with Crippen LogP contribution in [-0.4, -0.2) is 53.9 Å². The molecule has 2 atom stereocenters. The van der Waals surface area contributed by atoms with Gasteiger partial charge in [-0.1, -0.05) is 6.92 Å². The van der Waals surface area contributed by atoms with Crippen LogP contribution < -0.4 is 5.32 Å². The molecule has 0 spiro atoms. The Hall–Kier alpha value is -0.820. The molecule has 120 valence electrons. The average Bonchev–Trinajstić information content (AvgIpc) is 2.32. The summed E-state index contributed by atoms with van der Waals surface area (Å²) in [6.45, 7) is 5.66. The number of carbonyl (C=O) groups is 1. The monoisotopic (exact) mass is 298 g/mol. The molecule has 0 bridgehead atoms. The van der Waals surface area contributed by atoms with E-state index in [4.69, 9.17) is 0 Å². The van der Waals surface area contributed by atoms with Gasteiger partial charge in [-0.25, -0.2) is 0 Å². The molecule has 20 heavy (non-hydrogen) atoms. The van der Waals surface area contributed by atoms with Gasteiger partial charge in [-0.05, 0) is 40.3 Å². The van der Waals surface area contributed by atoms with E-state index in [1.54, 1.807) is 25.8 Å². The van der Waals surface area contributed by atoms with Gasteiger partial charge in [-0.2, -0.15) is 13.2 Å². The van der Waals surface area contributed by atoms with Crippen molar-refractivity contribution in [2.45, 2.75) is 57.8 Å². The highest BCUT2D eigenvalue weighted by Crippen LogP contribution is 2.22. The lowest BCUT2D eigenvalue weighted by Gasteiger charge is -2.33. The van der Waals surface area contributed by atoms with Crippen LogP contribution in [0.1, 0.15) is 40.0 Å². The van der Waals surface area contributed by atoms with Gasteiger partial charge < -0.3 is 15.3 Å².